The molecule has 6 nitrogen and oxygen atoms in total. The molecule has 0 saturated carbocycles. The molecule has 3 rings (SSSR count). The average Bonchev–Trinajstić information content (AvgIpc) is 3.11. The quantitative estimate of drug-likeness (QED) is 0.800. The van der Waals surface area contributed by atoms with E-state index in [1.165, 1.54) is 0 Å². The summed E-state index contributed by atoms with van der Waals surface area (Å²) < 4.78 is 23.3. The fourth-order valence-corrected chi connectivity index (χ4v) is 3.91. The zero-order chi connectivity index (χ0) is 18.4. The summed E-state index contributed by atoms with van der Waals surface area (Å²) in [6, 6.07) is 10.9. The van der Waals surface area contributed by atoms with Crippen molar-refractivity contribution in [3.8, 4) is 0 Å². The van der Waals surface area contributed by atoms with E-state index >= 15 is 0 Å². The van der Waals surface area contributed by atoms with Crippen LogP contribution in [0.5, 0.6) is 0 Å². The van der Waals surface area contributed by atoms with Gasteiger partial charge in [0.2, 0.25) is 0 Å². The Balaban J connectivity index is 1.48. The SMILES string of the molecule is Cc1cccc([S@@](=O)Cc2ccc(C(=O)NCCN3CCOCC3)o2)c1. The van der Waals surface area contributed by atoms with Gasteiger partial charge in [0.25, 0.3) is 5.91 Å². The minimum atomic E-state index is -1.20. The van der Waals surface area contributed by atoms with Crippen LogP contribution in [0, 0.1) is 6.92 Å². The van der Waals surface area contributed by atoms with Crippen molar-refractivity contribution >= 4 is 16.7 Å². The third kappa shape index (κ3) is 5.27. The molecular formula is C19H24N2O4S. The number of amides is 1. The Morgan fingerprint density at radius 1 is 1.23 bits per heavy atom. The summed E-state index contributed by atoms with van der Waals surface area (Å²) in [5.41, 5.74) is 1.07. The van der Waals surface area contributed by atoms with Crippen LogP contribution in [0.4, 0.5) is 0 Å². The van der Waals surface area contributed by atoms with Crippen molar-refractivity contribution in [2.45, 2.75) is 17.6 Å². The van der Waals surface area contributed by atoms with Gasteiger partial charge >= 0.3 is 0 Å². The van der Waals surface area contributed by atoms with E-state index in [1.807, 2.05) is 31.2 Å². The van der Waals surface area contributed by atoms with Crippen LogP contribution in [0.3, 0.4) is 0 Å². The Kier molecular flexibility index (Phi) is 6.60. The second-order valence-electron chi connectivity index (χ2n) is 6.28. The van der Waals surface area contributed by atoms with Crippen LogP contribution < -0.4 is 5.32 Å². The van der Waals surface area contributed by atoms with Crippen LogP contribution in [0.25, 0.3) is 0 Å². The zero-order valence-electron chi connectivity index (χ0n) is 14.9. The van der Waals surface area contributed by atoms with Gasteiger partial charge in [0.05, 0.1) is 29.8 Å². The number of carbonyl (C=O) groups excluding carboxylic acids is 1. The third-order valence-electron chi connectivity index (χ3n) is 4.23. The van der Waals surface area contributed by atoms with Crippen molar-refractivity contribution in [3.63, 3.8) is 0 Å². The molecule has 0 spiro atoms. The molecular weight excluding hydrogens is 352 g/mol. The first-order valence-corrected chi connectivity index (χ1v) is 10.1. The molecule has 1 aromatic carbocycles. The smallest absolute Gasteiger partial charge is 0.287 e. The number of aryl methyl sites for hydroxylation is 1. The Morgan fingerprint density at radius 3 is 2.81 bits per heavy atom. The van der Waals surface area contributed by atoms with Crippen LogP contribution in [-0.4, -0.2) is 54.4 Å². The van der Waals surface area contributed by atoms with E-state index in [4.69, 9.17) is 9.15 Å². The second kappa shape index (κ2) is 9.12. The van der Waals surface area contributed by atoms with E-state index in [-0.39, 0.29) is 17.4 Å². The highest BCUT2D eigenvalue weighted by Crippen LogP contribution is 2.16. The van der Waals surface area contributed by atoms with Crippen LogP contribution in [0.1, 0.15) is 21.9 Å². The lowest BCUT2D eigenvalue weighted by molar-refractivity contribution is 0.0382. The maximum atomic E-state index is 12.4. The lowest BCUT2D eigenvalue weighted by Gasteiger charge is -2.26. The molecule has 7 heteroatoms. The van der Waals surface area contributed by atoms with Crippen molar-refractivity contribution in [2.75, 3.05) is 39.4 Å². The van der Waals surface area contributed by atoms with Crippen molar-refractivity contribution in [2.24, 2.45) is 0 Å². The van der Waals surface area contributed by atoms with Crippen LogP contribution >= 0.6 is 0 Å². The molecule has 2 heterocycles. The van der Waals surface area contributed by atoms with Gasteiger partial charge in [-0.25, -0.2) is 0 Å². The lowest BCUT2D eigenvalue weighted by atomic mass is 10.2. The van der Waals surface area contributed by atoms with Gasteiger partial charge in [-0.05, 0) is 36.8 Å². The van der Waals surface area contributed by atoms with E-state index in [0.29, 0.717) is 12.3 Å². The van der Waals surface area contributed by atoms with Crippen LogP contribution in [0.15, 0.2) is 45.7 Å². The minimum absolute atomic E-state index is 0.245. The highest BCUT2D eigenvalue weighted by atomic mass is 32.2. The number of benzene rings is 1. The Morgan fingerprint density at radius 2 is 2.04 bits per heavy atom. The van der Waals surface area contributed by atoms with Crippen molar-refractivity contribution < 1.29 is 18.2 Å². The number of furan rings is 1. The lowest BCUT2D eigenvalue weighted by Crippen LogP contribution is -2.41. The van der Waals surface area contributed by atoms with Crippen LogP contribution in [-0.2, 0) is 21.3 Å². The number of ether oxygens (including phenoxy) is 1. The predicted molar refractivity (Wildman–Crippen MR) is 99.6 cm³/mol. The molecule has 1 aliphatic rings. The van der Waals surface area contributed by atoms with Crippen molar-refractivity contribution in [1.29, 1.82) is 0 Å². The highest BCUT2D eigenvalue weighted by molar-refractivity contribution is 7.84. The molecule has 0 unspecified atom stereocenters. The normalized spacial score (nSPS) is 16.3. The summed E-state index contributed by atoms with van der Waals surface area (Å²) in [5, 5.41) is 2.86. The van der Waals surface area contributed by atoms with Crippen molar-refractivity contribution in [3.05, 3.63) is 53.5 Å². The molecule has 0 radical (unpaired) electrons. The molecule has 0 aliphatic carbocycles. The summed E-state index contributed by atoms with van der Waals surface area (Å²) in [4.78, 5) is 15.2. The van der Waals surface area contributed by atoms with Gasteiger partial charge in [0.15, 0.2) is 5.76 Å². The van der Waals surface area contributed by atoms with E-state index < -0.39 is 10.8 Å². The first-order chi connectivity index (χ1) is 12.6. The molecule has 1 saturated heterocycles. The minimum Gasteiger partial charge on any atom is -0.455 e. The first-order valence-electron chi connectivity index (χ1n) is 8.74. The van der Waals surface area contributed by atoms with Crippen LogP contribution in [0.2, 0.25) is 0 Å². The molecule has 1 atom stereocenters. The van der Waals surface area contributed by atoms with Gasteiger partial charge in [-0.3, -0.25) is 13.9 Å². The highest BCUT2D eigenvalue weighted by Gasteiger charge is 2.15. The molecule has 2 aromatic rings. The van der Waals surface area contributed by atoms with Gasteiger partial charge in [0.1, 0.15) is 5.76 Å². The number of hydrogen-bond donors (Lipinski definition) is 1. The number of nitrogens with zero attached hydrogens (tertiary/aromatic N) is 1. The van der Waals surface area contributed by atoms with Gasteiger partial charge in [-0.15, -0.1) is 0 Å². The van der Waals surface area contributed by atoms with E-state index in [1.54, 1.807) is 12.1 Å². The summed E-state index contributed by atoms with van der Waals surface area (Å²) >= 11 is 0. The molecule has 1 N–H and O–H groups in total. The Bertz CT molecular complexity index is 768. The monoisotopic (exact) mass is 376 g/mol. The summed E-state index contributed by atoms with van der Waals surface area (Å²) in [5.74, 6) is 0.807. The van der Waals surface area contributed by atoms with Crippen molar-refractivity contribution in [1.82, 2.24) is 10.2 Å². The largest absolute Gasteiger partial charge is 0.455 e. The van der Waals surface area contributed by atoms with E-state index in [0.717, 1.165) is 43.3 Å². The standard InChI is InChI=1S/C19H24N2O4S/c1-15-3-2-4-17(13-15)26(23)14-16-5-6-18(25-16)19(22)20-7-8-21-9-11-24-12-10-21/h2-6,13H,7-12,14H2,1H3,(H,20,22)/t26-/m0/s1. The molecule has 26 heavy (non-hydrogen) atoms. The zero-order valence-corrected chi connectivity index (χ0v) is 15.7. The molecule has 140 valence electrons. The number of hydrogen-bond acceptors (Lipinski definition) is 5. The Hall–Kier alpha value is -1.96. The molecule has 1 amide bonds. The molecule has 1 aromatic heterocycles. The van der Waals surface area contributed by atoms with Gasteiger partial charge in [-0.1, -0.05) is 12.1 Å². The van der Waals surface area contributed by atoms with Gasteiger partial charge < -0.3 is 14.5 Å². The topological polar surface area (TPSA) is 71.8 Å². The summed E-state index contributed by atoms with van der Waals surface area (Å²) in [6.45, 7) is 6.59. The maximum absolute atomic E-state index is 12.4. The number of rotatable bonds is 7. The maximum Gasteiger partial charge on any atom is 0.287 e. The molecule has 0 bridgehead atoms. The molecule has 1 fully saturated rings. The average molecular weight is 376 g/mol. The fourth-order valence-electron chi connectivity index (χ4n) is 2.79. The van der Waals surface area contributed by atoms with E-state index in [9.17, 15) is 9.00 Å². The third-order valence-corrected chi connectivity index (χ3v) is 5.55. The van der Waals surface area contributed by atoms with Gasteiger partial charge in [0, 0.05) is 31.1 Å². The summed E-state index contributed by atoms with van der Waals surface area (Å²) in [6.07, 6.45) is 0. The second-order valence-corrected chi connectivity index (χ2v) is 7.73. The molecule has 1 aliphatic heterocycles. The number of carbonyl (C=O) groups is 1. The predicted octanol–water partition coefficient (Wildman–Crippen LogP) is 1.96. The number of nitrogens with one attached hydrogen (secondary N) is 1. The number of morpholine rings is 1. The summed E-state index contributed by atoms with van der Waals surface area (Å²) in [7, 11) is -1.20. The fraction of sp³-hybridized carbons (Fsp3) is 0.421. The van der Waals surface area contributed by atoms with Gasteiger partial charge in [-0.2, -0.15) is 0 Å². The van der Waals surface area contributed by atoms with E-state index in [2.05, 4.69) is 10.2 Å². The first kappa shape index (κ1) is 18.8. The Labute approximate surface area is 156 Å².